The van der Waals surface area contributed by atoms with Gasteiger partial charge in [-0.05, 0) is 62.8 Å². The number of nitrogens with zero attached hydrogens (tertiary/aromatic N) is 4. The fraction of sp³-hybridized carbons (Fsp3) is 0.452. The number of para-hydroxylation sites is 1. The van der Waals surface area contributed by atoms with Gasteiger partial charge in [0.05, 0.1) is 28.9 Å². The maximum absolute atomic E-state index is 13.3. The third-order valence-corrected chi connectivity index (χ3v) is 8.67. The lowest BCUT2D eigenvalue weighted by molar-refractivity contribution is -0.119. The molecule has 2 amide bonds. The smallest absolute Gasteiger partial charge is 0.255 e. The number of pyridine rings is 1. The van der Waals surface area contributed by atoms with Gasteiger partial charge in [-0.25, -0.2) is 4.52 Å². The summed E-state index contributed by atoms with van der Waals surface area (Å²) in [6.45, 7) is 5.53. The number of nitrogens with two attached hydrogens (primary N) is 1. The minimum atomic E-state index is 0.00977. The van der Waals surface area contributed by atoms with Crippen LogP contribution < -0.4 is 15.8 Å². The van der Waals surface area contributed by atoms with Crippen molar-refractivity contribution in [2.24, 2.45) is 17.6 Å². The fourth-order valence-electron chi connectivity index (χ4n) is 6.26. The highest BCUT2D eigenvalue weighted by molar-refractivity contribution is 5.95. The van der Waals surface area contributed by atoms with Gasteiger partial charge in [0, 0.05) is 61.7 Å². The third-order valence-electron chi connectivity index (χ3n) is 8.67. The first kappa shape index (κ1) is 25.1. The number of carbonyl (C=O) groups excluding carboxylic acids is 2. The molecule has 3 fully saturated rings. The number of piperidine rings is 1. The van der Waals surface area contributed by atoms with Crippen LogP contribution in [0, 0.1) is 18.8 Å². The molecule has 0 spiro atoms. The van der Waals surface area contributed by atoms with E-state index in [0.717, 1.165) is 65.1 Å². The summed E-state index contributed by atoms with van der Waals surface area (Å²) in [6.07, 6.45) is 6.73. The van der Waals surface area contributed by atoms with Crippen LogP contribution in [-0.2, 0) is 11.3 Å². The Morgan fingerprint density at radius 1 is 1.18 bits per heavy atom. The van der Waals surface area contributed by atoms with Crippen LogP contribution in [0.1, 0.15) is 48.0 Å². The van der Waals surface area contributed by atoms with Crippen LogP contribution in [0.5, 0.6) is 5.75 Å². The number of carbonyl (C=O) groups is 2. The van der Waals surface area contributed by atoms with Gasteiger partial charge in [0.2, 0.25) is 5.91 Å². The molecule has 7 rings (SSSR count). The minimum Gasteiger partial charge on any atom is -0.491 e. The molecule has 4 aromatic rings. The molecule has 9 heteroatoms. The number of hydrogen-bond acceptors (Lipinski definition) is 5. The van der Waals surface area contributed by atoms with E-state index in [1.165, 1.54) is 12.8 Å². The van der Waals surface area contributed by atoms with Crippen LogP contribution in [-0.4, -0.2) is 63.2 Å². The Bertz CT molecular complexity index is 1620. The molecule has 3 aliphatic rings. The van der Waals surface area contributed by atoms with Crippen molar-refractivity contribution in [2.45, 2.75) is 51.6 Å². The van der Waals surface area contributed by atoms with E-state index in [-0.39, 0.29) is 23.8 Å². The first-order valence-corrected chi connectivity index (χ1v) is 14.5. The number of amides is 2. The number of fused-ring (bicyclic) bond motifs is 2. The van der Waals surface area contributed by atoms with Crippen LogP contribution in [0.3, 0.4) is 0 Å². The summed E-state index contributed by atoms with van der Waals surface area (Å²) in [7, 11) is 0. The maximum atomic E-state index is 13.3. The van der Waals surface area contributed by atoms with E-state index in [9.17, 15) is 9.59 Å². The Morgan fingerprint density at radius 3 is 2.83 bits per heavy atom. The minimum absolute atomic E-state index is 0.00977. The van der Waals surface area contributed by atoms with Crippen molar-refractivity contribution >= 4 is 28.2 Å². The summed E-state index contributed by atoms with van der Waals surface area (Å²) in [6, 6.07) is 12.3. The largest absolute Gasteiger partial charge is 0.491 e. The average molecular weight is 541 g/mol. The summed E-state index contributed by atoms with van der Waals surface area (Å²) in [5, 5.41) is 9.04. The van der Waals surface area contributed by atoms with Crippen molar-refractivity contribution in [1.82, 2.24) is 24.4 Å². The Morgan fingerprint density at radius 2 is 2.05 bits per heavy atom. The zero-order valence-corrected chi connectivity index (χ0v) is 22.9. The van der Waals surface area contributed by atoms with E-state index in [4.69, 9.17) is 15.6 Å². The number of ether oxygens (including phenoxy) is 1. The van der Waals surface area contributed by atoms with Crippen molar-refractivity contribution in [2.75, 3.05) is 26.2 Å². The summed E-state index contributed by atoms with van der Waals surface area (Å²) in [5.74, 6) is 1.79. The van der Waals surface area contributed by atoms with Crippen LogP contribution in [0.2, 0.25) is 0 Å². The van der Waals surface area contributed by atoms with Crippen LogP contribution in [0.15, 0.2) is 42.6 Å². The number of hydrogen-bond donors (Lipinski definition) is 2. The molecule has 1 aliphatic carbocycles. The molecule has 2 unspecified atom stereocenters. The molecule has 2 aliphatic heterocycles. The lowest BCUT2D eigenvalue weighted by atomic mass is 10.1. The molecular weight excluding hydrogens is 504 g/mol. The quantitative estimate of drug-likeness (QED) is 0.371. The SMILES string of the molecule is Cc1c(-c2cc3cccc(OCC4CNC(=O)C4)c3n2CC2CC2)nn2cc(C(=O)N3CCCC(N)C3)ccc12. The normalized spacial score (nSPS) is 21.4. The van der Waals surface area contributed by atoms with Crippen molar-refractivity contribution < 1.29 is 14.3 Å². The van der Waals surface area contributed by atoms with E-state index >= 15 is 0 Å². The van der Waals surface area contributed by atoms with Gasteiger partial charge in [-0.1, -0.05) is 12.1 Å². The van der Waals surface area contributed by atoms with Crippen molar-refractivity contribution in [3.63, 3.8) is 0 Å². The Labute approximate surface area is 233 Å². The Hall–Kier alpha value is -3.85. The lowest BCUT2D eigenvalue weighted by Crippen LogP contribution is -2.45. The number of nitrogens with one attached hydrogen (secondary N) is 1. The van der Waals surface area contributed by atoms with Crippen molar-refractivity contribution in [1.29, 1.82) is 0 Å². The molecule has 3 aromatic heterocycles. The second kappa shape index (κ2) is 9.96. The molecule has 5 heterocycles. The van der Waals surface area contributed by atoms with Crippen molar-refractivity contribution in [3.8, 4) is 17.1 Å². The van der Waals surface area contributed by atoms with Gasteiger partial charge in [0.25, 0.3) is 5.91 Å². The molecule has 1 saturated carbocycles. The standard InChI is InChI=1S/C31H36N6O3/c1-19-25-10-9-23(31(39)35-11-3-5-24(32)17-35)16-37(25)34-29(19)26-13-22-4-2-6-27(30(22)36(26)15-20-7-8-20)40-18-21-12-28(38)33-14-21/h2,4,6,9-10,13,16,20-21,24H,3,5,7-8,11-12,14-15,17-18,32H2,1H3,(H,33,38). The van der Waals surface area contributed by atoms with Gasteiger partial charge >= 0.3 is 0 Å². The molecule has 3 N–H and O–H groups in total. The van der Waals surface area contributed by atoms with Gasteiger partial charge in [-0.2, -0.15) is 5.10 Å². The Balaban J connectivity index is 1.26. The number of aryl methyl sites for hydroxylation is 1. The third kappa shape index (κ3) is 4.62. The summed E-state index contributed by atoms with van der Waals surface area (Å²) < 4.78 is 10.6. The van der Waals surface area contributed by atoms with E-state index < -0.39 is 0 Å². The monoisotopic (exact) mass is 540 g/mol. The van der Waals surface area contributed by atoms with Gasteiger partial charge in [-0.15, -0.1) is 0 Å². The molecule has 2 atom stereocenters. The van der Waals surface area contributed by atoms with E-state index in [0.29, 0.717) is 37.6 Å². The average Bonchev–Trinajstić information content (AvgIpc) is 3.43. The first-order valence-electron chi connectivity index (χ1n) is 14.5. The Kier molecular flexibility index (Phi) is 6.26. The molecule has 0 radical (unpaired) electrons. The second-order valence-electron chi connectivity index (χ2n) is 11.8. The van der Waals surface area contributed by atoms with E-state index in [1.807, 2.05) is 39.9 Å². The van der Waals surface area contributed by atoms with Gasteiger partial charge in [0.1, 0.15) is 11.4 Å². The second-order valence-corrected chi connectivity index (χ2v) is 11.8. The maximum Gasteiger partial charge on any atom is 0.255 e. The highest BCUT2D eigenvalue weighted by Crippen LogP contribution is 2.40. The first-order chi connectivity index (χ1) is 19.4. The number of likely N-dealkylation sites (tertiary alicyclic amines) is 1. The number of aromatic nitrogens is 3. The summed E-state index contributed by atoms with van der Waals surface area (Å²) >= 11 is 0. The summed E-state index contributed by atoms with van der Waals surface area (Å²) in [5.41, 5.74) is 11.9. The predicted octanol–water partition coefficient (Wildman–Crippen LogP) is 3.75. The van der Waals surface area contributed by atoms with Crippen LogP contribution in [0.4, 0.5) is 0 Å². The molecule has 0 bridgehead atoms. The highest BCUT2D eigenvalue weighted by Gasteiger charge is 2.28. The van der Waals surface area contributed by atoms with E-state index in [2.05, 4.69) is 28.9 Å². The van der Waals surface area contributed by atoms with Crippen LogP contribution >= 0.6 is 0 Å². The molecule has 1 aromatic carbocycles. The van der Waals surface area contributed by atoms with E-state index in [1.54, 1.807) is 0 Å². The molecule has 208 valence electrons. The van der Waals surface area contributed by atoms with Gasteiger partial charge in [-0.3, -0.25) is 9.59 Å². The highest BCUT2D eigenvalue weighted by atomic mass is 16.5. The number of rotatable bonds is 7. The van der Waals surface area contributed by atoms with Gasteiger partial charge < -0.3 is 25.3 Å². The summed E-state index contributed by atoms with van der Waals surface area (Å²) in [4.78, 5) is 26.8. The molecule has 40 heavy (non-hydrogen) atoms. The molecule has 9 nitrogen and oxygen atoms in total. The number of benzene rings is 1. The topological polar surface area (TPSA) is 107 Å². The zero-order valence-electron chi connectivity index (χ0n) is 22.9. The van der Waals surface area contributed by atoms with Crippen molar-refractivity contribution in [3.05, 3.63) is 53.7 Å². The van der Waals surface area contributed by atoms with Gasteiger partial charge in [0.15, 0.2) is 0 Å². The predicted molar refractivity (Wildman–Crippen MR) is 153 cm³/mol. The zero-order chi connectivity index (χ0) is 27.4. The molecular formula is C31H36N6O3. The van der Waals surface area contributed by atoms with Crippen LogP contribution in [0.25, 0.3) is 27.8 Å². The lowest BCUT2D eigenvalue weighted by Gasteiger charge is -2.30. The molecule has 2 saturated heterocycles. The fourth-order valence-corrected chi connectivity index (χ4v) is 6.26.